The zero-order chi connectivity index (χ0) is 23.9. The Bertz CT molecular complexity index is 1060. The van der Waals surface area contributed by atoms with E-state index in [1.807, 2.05) is 55.5 Å². The van der Waals surface area contributed by atoms with Gasteiger partial charge in [-0.2, -0.15) is 4.98 Å². The Kier molecular flexibility index (Phi) is 7.92. The van der Waals surface area contributed by atoms with Gasteiger partial charge in [0.15, 0.2) is 0 Å². The van der Waals surface area contributed by atoms with E-state index in [9.17, 15) is 4.79 Å². The van der Waals surface area contributed by atoms with Gasteiger partial charge in [0.05, 0.1) is 19.7 Å². The molecule has 0 spiro atoms. The highest BCUT2D eigenvalue weighted by Gasteiger charge is 2.26. The second kappa shape index (κ2) is 11.3. The van der Waals surface area contributed by atoms with E-state index in [4.69, 9.17) is 9.26 Å². The first-order valence-electron chi connectivity index (χ1n) is 11.8. The Morgan fingerprint density at radius 2 is 1.79 bits per heavy atom. The van der Waals surface area contributed by atoms with E-state index >= 15 is 0 Å². The molecule has 0 radical (unpaired) electrons. The molecule has 4 rings (SSSR count). The van der Waals surface area contributed by atoms with Crippen LogP contribution in [0.5, 0.6) is 5.75 Å². The van der Waals surface area contributed by atoms with Gasteiger partial charge in [-0.15, -0.1) is 0 Å². The van der Waals surface area contributed by atoms with Gasteiger partial charge in [0.1, 0.15) is 5.75 Å². The third kappa shape index (κ3) is 6.21. The van der Waals surface area contributed by atoms with Gasteiger partial charge in [0.2, 0.25) is 17.6 Å². The molecule has 1 aliphatic rings. The molecule has 1 aliphatic heterocycles. The van der Waals surface area contributed by atoms with Crippen LogP contribution in [-0.4, -0.2) is 71.7 Å². The fourth-order valence-electron chi connectivity index (χ4n) is 4.07. The Balaban J connectivity index is 1.19. The maximum atomic E-state index is 12.6. The van der Waals surface area contributed by atoms with Crippen molar-refractivity contribution in [2.24, 2.45) is 0 Å². The average molecular weight is 464 g/mol. The summed E-state index contributed by atoms with van der Waals surface area (Å²) in [4.78, 5) is 21.7. The number of aromatic nitrogens is 2. The highest BCUT2D eigenvalue weighted by molar-refractivity contribution is 5.81. The number of piperazine rings is 1. The minimum absolute atomic E-state index is 0.0709. The minimum Gasteiger partial charge on any atom is -0.497 e. The van der Waals surface area contributed by atoms with E-state index in [2.05, 4.69) is 32.2 Å². The molecular formula is C26H33N5O3. The summed E-state index contributed by atoms with van der Waals surface area (Å²) in [6.07, 6.45) is 0.797. The molecule has 1 aromatic heterocycles. The zero-order valence-corrected chi connectivity index (χ0v) is 20.2. The smallest absolute Gasteiger partial charge is 0.241 e. The number of rotatable bonds is 9. The molecule has 8 nitrogen and oxygen atoms in total. The second-order valence-electron chi connectivity index (χ2n) is 8.75. The van der Waals surface area contributed by atoms with Gasteiger partial charge >= 0.3 is 0 Å². The molecule has 2 heterocycles. The first-order valence-corrected chi connectivity index (χ1v) is 11.8. The number of benzene rings is 2. The number of aryl methyl sites for hydroxylation is 1. The minimum atomic E-state index is -0.158. The lowest BCUT2D eigenvalue weighted by Gasteiger charge is -2.36. The lowest BCUT2D eigenvalue weighted by Crippen LogP contribution is -2.53. The molecule has 1 amide bonds. The van der Waals surface area contributed by atoms with E-state index in [0.29, 0.717) is 24.8 Å². The molecule has 180 valence electrons. The van der Waals surface area contributed by atoms with E-state index < -0.39 is 0 Å². The maximum Gasteiger partial charge on any atom is 0.241 e. The molecule has 0 aliphatic carbocycles. The molecule has 1 atom stereocenters. The van der Waals surface area contributed by atoms with Crippen LogP contribution in [0.3, 0.4) is 0 Å². The van der Waals surface area contributed by atoms with Gasteiger partial charge in [-0.25, -0.2) is 0 Å². The van der Waals surface area contributed by atoms with Crippen molar-refractivity contribution >= 4 is 5.91 Å². The number of carbonyl (C=O) groups excluding carboxylic acids is 1. The lowest BCUT2D eigenvalue weighted by atomic mass is 10.1. The van der Waals surface area contributed by atoms with Gasteiger partial charge in [0, 0.05) is 38.3 Å². The Hall–Kier alpha value is -3.23. The molecule has 1 saturated heterocycles. The number of nitrogens with zero attached hydrogens (tertiary/aromatic N) is 4. The number of amides is 1. The first-order chi connectivity index (χ1) is 16.5. The fourth-order valence-corrected chi connectivity index (χ4v) is 4.07. The van der Waals surface area contributed by atoms with Crippen molar-refractivity contribution in [1.29, 1.82) is 0 Å². The summed E-state index contributed by atoms with van der Waals surface area (Å²) in [7, 11) is 1.66. The number of ether oxygens (including phenoxy) is 1. The highest BCUT2D eigenvalue weighted by Crippen LogP contribution is 2.18. The largest absolute Gasteiger partial charge is 0.497 e. The van der Waals surface area contributed by atoms with Crippen LogP contribution in [0.2, 0.25) is 0 Å². The Morgan fingerprint density at radius 3 is 2.47 bits per heavy atom. The van der Waals surface area contributed by atoms with Gasteiger partial charge in [-0.05, 0) is 38.0 Å². The molecular weight excluding hydrogens is 430 g/mol. The predicted molar refractivity (Wildman–Crippen MR) is 130 cm³/mol. The molecule has 0 bridgehead atoms. The van der Waals surface area contributed by atoms with Gasteiger partial charge in [0.25, 0.3) is 0 Å². The standard InChI is InChI=1S/C26H33N5O3/c1-19-4-8-22(9-5-19)25-28-24(34-29-25)18-30-14-16-31(17-15-30)20(2)26(32)27-13-12-21-6-10-23(33-3)11-7-21/h4-11,20H,12-18H2,1-3H3,(H,27,32). The Morgan fingerprint density at radius 1 is 1.09 bits per heavy atom. The summed E-state index contributed by atoms with van der Waals surface area (Å²) in [5, 5.41) is 7.20. The molecule has 8 heteroatoms. The van der Waals surface area contributed by atoms with E-state index in [1.54, 1.807) is 7.11 Å². The Labute approximate surface area is 200 Å². The van der Waals surface area contributed by atoms with Crippen molar-refractivity contribution in [3.63, 3.8) is 0 Å². The summed E-state index contributed by atoms with van der Waals surface area (Å²) >= 11 is 0. The van der Waals surface area contributed by atoms with Crippen LogP contribution in [0.25, 0.3) is 11.4 Å². The SMILES string of the molecule is COc1ccc(CCNC(=O)C(C)N2CCN(Cc3nc(-c4ccc(C)cc4)no3)CC2)cc1. The quantitative estimate of drug-likeness (QED) is 0.522. The normalized spacial score (nSPS) is 15.7. The summed E-state index contributed by atoms with van der Waals surface area (Å²) in [6, 6.07) is 15.9. The number of carbonyl (C=O) groups is 1. The number of methoxy groups -OCH3 is 1. The van der Waals surface area contributed by atoms with Gasteiger partial charge < -0.3 is 14.6 Å². The third-order valence-electron chi connectivity index (χ3n) is 6.34. The van der Waals surface area contributed by atoms with E-state index in [1.165, 1.54) is 11.1 Å². The lowest BCUT2D eigenvalue weighted by molar-refractivity contribution is -0.126. The number of hydrogen-bond acceptors (Lipinski definition) is 7. The summed E-state index contributed by atoms with van der Waals surface area (Å²) in [6.45, 7) is 8.63. The van der Waals surface area contributed by atoms with Crippen molar-refractivity contribution in [2.45, 2.75) is 32.9 Å². The molecule has 1 N–H and O–H groups in total. The van der Waals surface area contributed by atoms with Crippen LogP contribution in [-0.2, 0) is 17.8 Å². The molecule has 34 heavy (non-hydrogen) atoms. The average Bonchev–Trinajstić information content (AvgIpc) is 3.33. The van der Waals surface area contributed by atoms with Crippen LogP contribution in [0.15, 0.2) is 53.1 Å². The molecule has 2 aromatic carbocycles. The van der Waals surface area contributed by atoms with Crippen molar-refractivity contribution in [3.05, 3.63) is 65.5 Å². The molecule has 0 saturated carbocycles. The van der Waals surface area contributed by atoms with Gasteiger partial charge in [-0.3, -0.25) is 14.6 Å². The van der Waals surface area contributed by atoms with Crippen LogP contribution >= 0.6 is 0 Å². The van der Waals surface area contributed by atoms with Crippen molar-refractivity contribution in [2.75, 3.05) is 39.8 Å². The number of nitrogens with one attached hydrogen (secondary N) is 1. The maximum absolute atomic E-state index is 12.6. The monoisotopic (exact) mass is 463 g/mol. The second-order valence-corrected chi connectivity index (χ2v) is 8.75. The molecule has 1 fully saturated rings. The van der Waals surface area contributed by atoms with Crippen LogP contribution < -0.4 is 10.1 Å². The predicted octanol–water partition coefficient (Wildman–Crippen LogP) is 2.92. The fraction of sp³-hybridized carbons (Fsp3) is 0.423. The zero-order valence-electron chi connectivity index (χ0n) is 20.2. The van der Waals surface area contributed by atoms with Crippen LogP contribution in [0.1, 0.15) is 23.9 Å². The van der Waals surface area contributed by atoms with Crippen LogP contribution in [0.4, 0.5) is 0 Å². The van der Waals surface area contributed by atoms with E-state index in [-0.39, 0.29) is 11.9 Å². The summed E-state index contributed by atoms with van der Waals surface area (Å²) in [5.41, 5.74) is 3.33. The highest BCUT2D eigenvalue weighted by atomic mass is 16.5. The molecule has 1 unspecified atom stereocenters. The van der Waals surface area contributed by atoms with Crippen LogP contribution in [0, 0.1) is 6.92 Å². The first kappa shape index (κ1) is 23.9. The van der Waals surface area contributed by atoms with Gasteiger partial charge in [-0.1, -0.05) is 47.1 Å². The van der Waals surface area contributed by atoms with Crippen molar-refractivity contribution < 1.29 is 14.1 Å². The molecule has 3 aromatic rings. The van der Waals surface area contributed by atoms with Crippen molar-refractivity contribution in [3.8, 4) is 17.1 Å². The number of hydrogen-bond donors (Lipinski definition) is 1. The third-order valence-corrected chi connectivity index (χ3v) is 6.34. The summed E-state index contributed by atoms with van der Waals surface area (Å²) < 4.78 is 10.7. The topological polar surface area (TPSA) is 83.7 Å². The van der Waals surface area contributed by atoms with E-state index in [0.717, 1.165) is 43.9 Å². The van der Waals surface area contributed by atoms with Crippen molar-refractivity contribution in [1.82, 2.24) is 25.3 Å². The summed E-state index contributed by atoms with van der Waals surface area (Å²) in [5.74, 6) is 2.15.